The summed E-state index contributed by atoms with van der Waals surface area (Å²) in [6, 6.07) is 41.8. The minimum Gasteiger partial charge on any atom is -0.273 e. The summed E-state index contributed by atoms with van der Waals surface area (Å²) in [5.74, 6) is 0. The molecule has 0 radical (unpaired) electrons. The van der Waals surface area contributed by atoms with Gasteiger partial charge in [-0.3, -0.25) is 15.0 Å². The predicted molar refractivity (Wildman–Crippen MR) is 211 cm³/mol. The monoisotopic (exact) mass is 623 g/mol. The van der Waals surface area contributed by atoms with Crippen molar-refractivity contribution in [3.05, 3.63) is 159 Å². The summed E-state index contributed by atoms with van der Waals surface area (Å²) in [7, 11) is 0. The minimum absolute atomic E-state index is 1.02. The van der Waals surface area contributed by atoms with E-state index in [9.17, 15) is 0 Å². The molecule has 48 heavy (non-hydrogen) atoms. The van der Waals surface area contributed by atoms with Crippen LogP contribution in [-0.2, 0) is 0 Å². The summed E-state index contributed by atoms with van der Waals surface area (Å²) in [5, 5.41) is 8.94. The number of aromatic nitrogens is 2. The van der Waals surface area contributed by atoms with E-state index in [1.165, 1.54) is 60.1 Å². The molecule has 2 heterocycles. The Morgan fingerprint density at radius 3 is 1.73 bits per heavy atom. The van der Waals surface area contributed by atoms with Gasteiger partial charge in [-0.15, -0.1) is 0 Å². The van der Waals surface area contributed by atoms with Gasteiger partial charge in [-0.1, -0.05) is 131 Å². The van der Waals surface area contributed by atoms with E-state index < -0.39 is 0 Å². The summed E-state index contributed by atoms with van der Waals surface area (Å²) in [6.07, 6.45) is 10.5. The minimum atomic E-state index is 1.02. The van der Waals surface area contributed by atoms with E-state index in [-0.39, 0.29) is 0 Å². The van der Waals surface area contributed by atoms with Crippen LogP contribution in [0.1, 0.15) is 27.7 Å². The average Bonchev–Trinajstić information content (AvgIpc) is 3.18. The molecule has 0 aliphatic heterocycles. The van der Waals surface area contributed by atoms with E-state index in [1.807, 2.05) is 58.4 Å². The molecule has 0 saturated carbocycles. The van der Waals surface area contributed by atoms with Crippen molar-refractivity contribution < 1.29 is 0 Å². The fourth-order valence-corrected chi connectivity index (χ4v) is 6.05. The Morgan fingerprint density at radius 1 is 0.562 bits per heavy atom. The SMILES string of the molecule is C=C/C=C\N=C.CC.CC.c1cncc(-c2ccc(-c3ccc4ccc5ccc(-c6ccc7ncccc7c6)c6ccc3c4c56)cc2)c1. The third-order valence-corrected chi connectivity index (χ3v) is 8.10. The molecule has 0 unspecified atom stereocenters. The summed E-state index contributed by atoms with van der Waals surface area (Å²) in [6.45, 7) is 14.6. The van der Waals surface area contributed by atoms with Gasteiger partial charge in [0.05, 0.1) is 5.52 Å². The van der Waals surface area contributed by atoms with Crippen molar-refractivity contribution in [3.8, 4) is 33.4 Å². The van der Waals surface area contributed by atoms with Gasteiger partial charge in [-0.05, 0) is 103 Å². The molecule has 3 heteroatoms. The Kier molecular flexibility index (Phi) is 11.2. The van der Waals surface area contributed by atoms with E-state index in [0.717, 1.165) is 16.5 Å². The second kappa shape index (κ2) is 16.1. The quantitative estimate of drug-likeness (QED) is 0.109. The lowest BCUT2D eigenvalue weighted by Gasteiger charge is -2.17. The third kappa shape index (κ3) is 6.77. The van der Waals surface area contributed by atoms with Crippen LogP contribution in [0, 0.1) is 0 Å². The number of allylic oxidation sites excluding steroid dienone is 2. The van der Waals surface area contributed by atoms with Crippen molar-refractivity contribution in [1.29, 1.82) is 0 Å². The molecule has 236 valence electrons. The van der Waals surface area contributed by atoms with E-state index in [1.54, 1.807) is 18.4 Å². The number of rotatable bonds is 5. The standard InChI is InChI=1S/C36H22N2.C5H7N.2C2H6/c1-4-29(22-37-19-1)23-5-7-24(8-6-23)30-14-11-25-9-10-26-12-15-31(33-17-16-32(30)35(25)36(26)33)27-13-18-34-28(21-27)3-2-20-38-34;1-3-4-5-6-2;2*1-2/h1-22H;3-5H,1-2H2;2*1-2H3/b;5-4-;;. The van der Waals surface area contributed by atoms with Crippen LogP contribution < -0.4 is 0 Å². The number of benzene rings is 6. The van der Waals surface area contributed by atoms with Crippen LogP contribution in [0.15, 0.2) is 164 Å². The van der Waals surface area contributed by atoms with E-state index >= 15 is 0 Å². The van der Waals surface area contributed by atoms with Gasteiger partial charge in [0.2, 0.25) is 0 Å². The molecule has 6 aromatic carbocycles. The third-order valence-electron chi connectivity index (χ3n) is 8.10. The second-order valence-electron chi connectivity index (χ2n) is 10.6. The fourth-order valence-electron chi connectivity index (χ4n) is 6.05. The van der Waals surface area contributed by atoms with Crippen molar-refractivity contribution in [2.45, 2.75) is 27.7 Å². The van der Waals surface area contributed by atoms with Gasteiger partial charge in [0, 0.05) is 30.2 Å². The predicted octanol–water partition coefficient (Wildman–Crippen LogP) is 13.0. The first-order valence-corrected chi connectivity index (χ1v) is 16.5. The topological polar surface area (TPSA) is 38.1 Å². The van der Waals surface area contributed by atoms with Crippen molar-refractivity contribution in [2.75, 3.05) is 0 Å². The smallest absolute Gasteiger partial charge is 0.0702 e. The summed E-state index contributed by atoms with van der Waals surface area (Å²) < 4.78 is 0. The molecule has 0 atom stereocenters. The molecular formula is C45H41N3. The molecule has 0 aliphatic rings. The van der Waals surface area contributed by atoms with E-state index in [0.29, 0.717) is 0 Å². The van der Waals surface area contributed by atoms with Crippen molar-refractivity contribution >= 4 is 49.9 Å². The normalized spacial score (nSPS) is 10.6. The summed E-state index contributed by atoms with van der Waals surface area (Å²) in [4.78, 5) is 12.2. The Bertz CT molecular complexity index is 2290. The van der Waals surface area contributed by atoms with Gasteiger partial charge in [0.25, 0.3) is 0 Å². The van der Waals surface area contributed by atoms with E-state index in [2.05, 4.69) is 131 Å². The zero-order chi connectivity index (χ0) is 33.9. The zero-order valence-corrected chi connectivity index (χ0v) is 28.2. The van der Waals surface area contributed by atoms with Gasteiger partial charge in [0.1, 0.15) is 0 Å². The Morgan fingerprint density at radius 2 is 1.15 bits per heavy atom. The molecule has 0 spiro atoms. The first-order chi connectivity index (χ1) is 23.7. The lowest BCUT2D eigenvalue weighted by molar-refractivity contribution is 1.33. The van der Waals surface area contributed by atoms with Crippen LogP contribution in [0.25, 0.3) is 76.6 Å². The molecule has 2 aromatic heterocycles. The van der Waals surface area contributed by atoms with Gasteiger partial charge in [-0.2, -0.15) is 0 Å². The van der Waals surface area contributed by atoms with Crippen LogP contribution >= 0.6 is 0 Å². The lowest BCUT2D eigenvalue weighted by Crippen LogP contribution is -1.90. The number of aliphatic imine (C=N–C) groups is 1. The highest BCUT2D eigenvalue weighted by molar-refractivity contribution is 6.27. The van der Waals surface area contributed by atoms with Gasteiger partial charge >= 0.3 is 0 Å². The molecule has 8 aromatic rings. The number of hydrogen-bond donors (Lipinski definition) is 0. The van der Waals surface area contributed by atoms with Crippen LogP contribution in [0.4, 0.5) is 0 Å². The van der Waals surface area contributed by atoms with Crippen molar-refractivity contribution in [1.82, 2.24) is 9.97 Å². The average molecular weight is 624 g/mol. The maximum Gasteiger partial charge on any atom is 0.0702 e. The van der Waals surface area contributed by atoms with Crippen LogP contribution in [0.5, 0.6) is 0 Å². The Hall–Kier alpha value is -5.93. The first kappa shape index (κ1) is 33.4. The van der Waals surface area contributed by atoms with E-state index in [4.69, 9.17) is 0 Å². The largest absolute Gasteiger partial charge is 0.273 e. The van der Waals surface area contributed by atoms with Crippen molar-refractivity contribution in [2.24, 2.45) is 4.99 Å². The maximum absolute atomic E-state index is 4.50. The molecule has 0 saturated heterocycles. The lowest BCUT2D eigenvalue weighted by atomic mass is 9.87. The van der Waals surface area contributed by atoms with Gasteiger partial charge in [0.15, 0.2) is 0 Å². The summed E-state index contributed by atoms with van der Waals surface area (Å²) >= 11 is 0. The van der Waals surface area contributed by atoms with Gasteiger partial charge in [-0.25, -0.2) is 0 Å². The Balaban J connectivity index is 0.000000404. The highest BCUT2D eigenvalue weighted by Crippen LogP contribution is 2.42. The molecule has 8 rings (SSSR count). The van der Waals surface area contributed by atoms with Crippen LogP contribution in [0.2, 0.25) is 0 Å². The number of fused-ring (bicyclic) bond motifs is 1. The fraction of sp³-hybridized carbons (Fsp3) is 0.0889. The molecule has 0 aliphatic carbocycles. The van der Waals surface area contributed by atoms with Crippen LogP contribution in [0.3, 0.4) is 0 Å². The maximum atomic E-state index is 4.50. The molecule has 3 nitrogen and oxygen atoms in total. The van der Waals surface area contributed by atoms with Crippen molar-refractivity contribution in [3.63, 3.8) is 0 Å². The highest BCUT2D eigenvalue weighted by Gasteiger charge is 2.15. The number of hydrogen-bond acceptors (Lipinski definition) is 3. The molecular weight excluding hydrogens is 583 g/mol. The Labute approximate surface area is 284 Å². The zero-order valence-electron chi connectivity index (χ0n) is 28.2. The highest BCUT2D eigenvalue weighted by atomic mass is 14.6. The number of nitrogens with zero attached hydrogens (tertiary/aromatic N) is 3. The molecule has 0 bridgehead atoms. The molecule has 0 amide bonds. The molecule has 0 fully saturated rings. The molecule has 0 N–H and O–H groups in total. The number of pyridine rings is 2. The van der Waals surface area contributed by atoms with Crippen LogP contribution in [-0.4, -0.2) is 16.7 Å². The van der Waals surface area contributed by atoms with Gasteiger partial charge < -0.3 is 0 Å². The summed E-state index contributed by atoms with van der Waals surface area (Å²) in [5.41, 5.74) is 8.28. The second-order valence-corrected chi connectivity index (χ2v) is 10.6. The first-order valence-electron chi connectivity index (χ1n) is 16.5.